The van der Waals surface area contributed by atoms with Gasteiger partial charge in [0, 0.05) is 23.7 Å². The van der Waals surface area contributed by atoms with Crippen molar-refractivity contribution in [2.24, 2.45) is 5.41 Å². The number of amides is 1. The smallest absolute Gasteiger partial charge is 0.353 e. The van der Waals surface area contributed by atoms with Gasteiger partial charge in [0.25, 0.3) is 5.91 Å². The van der Waals surface area contributed by atoms with Crippen molar-refractivity contribution in [3.63, 3.8) is 0 Å². The highest BCUT2D eigenvalue weighted by molar-refractivity contribution is 5.97. The zero-order valence-electron chi connectivity index (χ0n) is 14.8. The first-order valence-corrected chi connectivity index (χ1v) is 7.94. The van der Waals surface area contributed by atoms with Gasteiger partial charge in [-0.3, -0.25) is 9.59 Å². The molecule has 132 valence electrons. The third kappa shape index (κ3) is 4.56. The Bertz CT molecular complexity index is 876. The molecule has 0 unspecified atom stereocenters. The highest BCUT2D eigenvalue weighted by Crippen LogP contribution is 2.26. The number of pyridine rings is 1. The lowest BCUT2D eigenvalue weighted by molar-refractivity contribution is 0.0690. The van der Waals surface area contributed by atoms with Crippen molar-refractivity contribution in [3.05, 3.63) is 57.5 Å². The summed E-state index contributed by atoms with van der Waals surface area (Å²) >= 11 is 0. The predicted molar refractivity (Wildman–Crippen MR) is 96.0 cm³/mol. The molecular weight excluding hydrogens is 320 g/mol. The van der Waals surface area contributed by atoms with Crippen molar-refractivity contribution in [2.45, 2.75) is 27.7 Å². The van der Waals surface area contributed by atoms with Gasteiger partial charge >= 0.3 is 5.97 Å². The van der Waals surface area contributed by atoms with Crippen molar-refractivity contribution in [3.8, 4) is 11.1 Å². The van der Waals surface area contributed by atoms with Gasteiger partial charge in [0.1, 0.15) is 5.69 Å². The Kier molecular flexibility index (Phi) is 5.11. The lowest BCUT2D eigenvalue weighted by atomic mass is 9.95. The van der Waals surface area contributed by atoms with E-state index in [1.807, 2.05) is 20.8 Å². The first kappa shape index (κ1) is 18.4. The average Bonchev–Trinajstić information content (AvgIpc) is 2.52. The monoisotopic (exact) mass is 342 g/mol. The quantitative estimate of drug-likeness (QED) is 0.795. The van der Waals surface area contributed by atoms with Gasteiger partial charge in [-0.2, -0.15) is 0 Å². The van der Waals surface area contributed by atoms with Crippen molar-refractivity contribution >= 4 is 11.9 Å². The largest absolute Gasteiger partial charge is 0.477 e. The number of rotatable bonds is 4. The Morgan fingerprint density at radius 2 is 1.76 bits per heavy atom. The van der Waals surface area contributed by atoms with Crippen LogP contribution in [0.4, 0.5) is 0 Å². The zero-order valence-corrected chi connectivity index (χ0v) is 14.8. The summed E-state index contributed by atoms with van der Waals surface area (Å²) in [7, 11) is 0. The minimum absolute atomic E-state index is 0.0169. The van der Waals surface area contributed by atoms with Gasteiger partial charge < -0.3 is 15.4 Å². The molecule has 1 amide bonds. The molecule has 0 radical (unpaired) electrons. The predicted octanol–water partition coefficient (Wildman–Crippen LogP) is 2.82. The van der Waals surface area contributed by atoms with Gasteiger partial charge in [0.05, 0.1) is 0 Å². The van der Waals surface area contributed by atoms with Crippen LogP contribution in [0.1, 0.15) is 47.2 Å². The summed E-state index contributed by atoms with van der Waals surface area (Å²) in [6.45, 7) is 8.45. The summed E-state index contributed by atoms with van der Waals surface area (Å²) in [5.41, 5.74) is 1.66. The van der Waals surface area contributed by atoms with E-state index in [1.54, 1.807) is 25.1 Å². The Morgan fingerprint density at radius 1 is 1.12 bits per heavy atom. The Balaban J connectivity index is 2.36. The molecule has 1 aromatic heterocycles. The number of aryl methyl sites for hydroxylation is 1. The second kappa shape index (κ2) is 6.93. The number of benzene rings is 1. The number of carboxylic acids is 1. The average molecular weight is 342 g/mol. The maximum absolute atomic E-state index is 12.3. The number of aromatic nitrogens is 1. The standard InChI is InChI=1S/C19H22N2O4/c1-11-9-12(17(23)20-10-19(2,3)4)5-6-13(11)14-7-8-15(22)21-16(14)18(24)25/h5-9H,10H2,1-4H3,(H,20,23)(H,21,22)(H,24,25). The van der Waals surface area contributed by atoms with Gasteiger partial charge in [-0.25, -0.2) is 4.79 Å². The molecule has 3 N–H and O–H groups in total. The van der Waals surface area contributed by atoms with Gasteiger partial charge in [-0.15, -0.1) is 0 Å². The minimum Gasteiger partial charge on any atom is -0.477 e. The first-order valence-electron chi connectivity index (χ1n) is 7.94. The summed E-state index contributed by atoms with van der Waals surface area (Å²) in [5, 5.41) is 12.2. The molecule has 1 aromatic carbocycles. The van der Waals surface area contributed by atoms with E-state index in [2.05, 4.69) is 10.3 Å². The molecule has 0 aliphatic heterocycles. The number of H-pyrrole nitrogens is 1. The highest BCUT2D eigenvalue weighted by atomic mass is 16.4. The summed E-state index contributed by atoms with van der Waals surface area (Å²) in [5.74, 6) is -1.39. The molecule has 25 heavy (non-hydrogen) atoms. The number of aromatic carboxylic acids is 1. The molecule has 6 nitrogen and oxygen atoms in total. The van der Waals surface area contributed by atoms with E-state index in [1.165, 1.54) is 12.1 Å². The van der Waals surface area contributed by atoms with Crippen LogP contribution < -0.4 is 10.9 Å². The van der Waals surface area contributed by atoms with Gasteiger partial charge in [-0.05, 0) is 41.7 Å². The van der Waals surface area contributed by atoms with Crippen LogP contribution in [0, 0.1) is 12.3 Å². The fraction of sp³-hybridized carbons (Fsp3) is 0.316. The maximum atomic E-state index is 12.3. The molecule has 0 aliphatic rings. The van der Waals surface area contributed by atoms with Crippen LogP contribution in [0.5, 0.6) is 0 Å². The second-order valence-corrected chi connectivity index (χ2v) is 7.19. The summed E-state index contributed by atoms with van der Waals surface area (Å²) in [6.07, 6.45) is 0. The van der Waals surface area contributed by atoms with E-state index in [0.29, 0.717) is 23.2 Å². The molecule has 0 atom stereocenters. The van der Waals surface area contributed by atoms with E-state index in [9.17, 15) is 19.5 Å². The molecule has 6 heteroatoms. The van der Waals surface area contributed by atoms with Crippen LogP contribution in [0.3, 0.4) is 0 Å². The molecule has 0 fully saturated rings. The van der Waals surface area contributed by atoms with Crippen LogP contribution in [0.15, 0.2) is 35.1 Å². The number of aromatic amines is 1. The minimum atomic E-state index is -1.21. The van der Waals surface area contributed by atoms with Crippen molar-refractivity contribution in [2.75, 3.05) is 6.54 Å². The number of hydrogen-bond donors (Lipinski definition) is 3. The zero-order chi connectivity index (χ0) is 18.8. The number of hydrogen-bond acceptors (Lipinski definition) is 3. The SMILES string of the molecule is Cc1cc(C(=O)NCC(C)(C)C)ccc1-c1ccc(=O)[nH]c1C(=O)O. The molecule has 2 rings (SSSR count). The summed E-state index contributed by atoms with van der Waals surface area (Å²) in [4.78, 5) is 37.4. The maximum Gasteiger partial charge on any atom is 0.353 e. The molecule has 0 saturated heterocycles. The van der Waals surface area contributed by atoms with Crippen molar-refractivity contribution in [1.29, 1.82) is 0 Å². The molecule has 0 bridgehead atoms. The summed E-state index contributed by atoms with van der Waals surface area (Å²) in [6, 6.07) is 7.82. The molecular formula is C19H22N2O4. The van der Waals surface area contributed by atoms with E-state index in [0.717, 1.165) is 5.56 Å². The molecule has 0 saturated carbocycles. The third-order valence-corrected chi connectivity index (χ3v) is 3.69. The highest BCUT2D eigenvalue weighted by Gasteiger charge is 2.17. The molecule has 2 aromatic rings. The Morgan fingerprint density at radius 3 is 2.32 bits per heavy atom. The van der Waals surface area contributed by atoms with E-state index in [4.69, 9.17) is 0 Å². The van der Waals surface area contributed by atoms with Crippen molar-refractivity contribution in [1.82, 2.24) is 10.3 Å². The van der Waals surface area contributed by atoms with Crippen molar-refractivity contribution < 1.29 is 14.7 Å². The van der Waals surface area contributed by atoms with Crippen LogP contribution >= 0.6 is 0 Å². The number of carboxylic acid groups (broad SMARTS) is 1. The lowest BCUT2D eigenvalue weighted by Crippen LogP contribution is -2.32. The Labute approximate surface area is 145 Å². The first-order chi connectivity index (χ1) is 11.6. The lowest BCUT2D eigenvalue weighted by Gasteiger charge is -2.19. The second-order valence-electron chi connectivity index (χ2n) is 7.19. The van der Waals surface area contributed by atoms with E-state index < -0.39 is 11.5 Å². The van der Waals surface area contributed by atoms with Crippen LogP contribution in [0.25, 0.3) is 11.1 Å². The number of nitrogens with one attached hydrogen (secondary N) is 2. The van der Waals surface area contributed by atoms with Gasteiger partial charge in [0.15, 0.2) is 0 Å². The van der Waals surface area contributed by atoms with E-state index >= 15 is 0 Å². The van der Waals surface area contributed by atoms with Crippen LogP contribution in [0.2, 0.25) is 0 Å². The van der Waals surface area contributed by atoms with Gasteiger partial charge in [0.2, 0.25) is 5.56 Å². The topological polar surface area (TPSA) is 99.3 Å². The molecule has 0 spiro atoms. The molecule has 1 heterocycles. The molecule has 0 aliphatic carbocycles. The Hall–Kier alpha value is -2.89. The normalized spacial score (nSPS) is 11.2. The van der Waals surface area contributed by atoms with Gasteiger partial charge in [-0.1, -0.05) is 26.8 Å². The van der Waals surface area contributed by atoms with E-state index in [-0.39, 0.29) is 17.0 Å². The van der Waals surface area contributed by atoms with Crippen LogP contribution in [-0.4, -0.2) is 28.5 Å². The fourth-order valence-electron chi connectivity index (χ4n) is 2.42. The third-order valence-electron chi connectivity index (χ3n) is 3.69. The van der Waals surface area contributed by atoms with Crippen LogP contribution in [-0.2, 0) is 0 Å². The number of carbonyl (C=O) groups is 2. The fourth-order valence-corrected chi connectivity index (χ4v) is 2.42. The number of carbonyl (C=O) groups excluding carboxylic acids is 1. The summed E-state index contributed by atoms with van der Waals surface area (Å²) < 4.78 is 0.